The Kier molecular flexibility index (Phi) is 3.88. The number of aromatic carboxylic acids is 1. The standard InChI is InChI=1S/C13H15N3O4/c1-4-20-12-9(10-7-14-16(2)15-10)5-8(13(17)18)6-11(12)19-3/h5-7H,4H2,1-3H3,(H,17,18). The molecule has 1 heterocycles. The number of carboxylic acid groups (broad SMARTS) is 1. The molecule has 0 fully saturated rings. The third kappa shape index (κ3) is 2.56. The van der Waals surface area contributed by atoms with Crippen LogP contribution in [-0.4, -0.2) is 39.8 Å². The number of nitrogens with zero attached hydrogens (tertiary/aromatic N) is 3. The number of carboxylic acids is 1. The summed E-state index contributed by atoms with van der Waals surface area (Å²) in [4.78, 5) is 12.6. The summed E-state index contributed by atoms with van der Waals surface area (Å²) in [5.74, 6) is -0.232. The van der Waals surface area contributed by atoms with Crippen LogP contribution in [0.5, 0.6) is 11.5 Å². The highest BCUT2D eigenvalue weighted by Crippen LogP contribution is 2.38. The Balaban J connectivity index is 2.67. The Morgan fingerprint density at radius 2 is 2.20 bits per heavy atom. The molecular formula is C13H15N3O4. The second kappa shape index (κ2) is 5.60. The smallest absolute Gasteiger partial charge is 0.335 e. The summed E-state index contributed by atoms with van der Waals surface area (Å²) < 4.78 is 10.8. The molecule has 0 atom stereocenters. The van der Waals surface area contributed by atoms with Crippen LogP contribution in [-0.2, 0) is 7.05 Å². The molecule has 1 aromatic heterocycles. The van der Waals surface area contributed by atoms with Crippen molar-refractivity contribution in [1.82, 2.24) is 15.0 Å². The molecule has 1 aromatic carbocycles. The molecule has 0 aliphatic heterocycles. The molecule has 0 bridgehead atoms. The fourth-order valence-electron chi connectivity index (χ4n) is 1.83. The summed E-state index contributed by atoms with van der Waals surface area (Å²) in [6, 6.07) is 2.92. The Morgan fingerprint density at radius 3 is 2.70 bits per heavy atom. The van der Waals surface area contributed by atoms with E-state index >= 15 is 0 Å². The van der Waals surface area contributed by atoms with Gasteiger partial charge >= 0.3 is 5.97 Å². The van der Waals surface area contributed by atoms with E-state index in [2.05, 4.69) is 10.2 Å². The molecule has 0 amide bonds. The van der Waals surface area contributed by atoms with E-state index in [1.807, 2.05) is 6.92 Å². The number of hydrogen-bond donors (Lipinski definition) is 1. The number of aromatic nitrogens is 3. The topological polar surface area (TPSA) is 86.5 Å². The molecule has 7 nitrogen and oxygen atoms in total. The Morgan fingerprint density at radius 1 is 1.45 bits per heavy atom. The van der Waals surface area contributed by atoms with Crippen molar-refractivity contribution in [3.8, 4) is 22.8 Å². The van der Waals surface area contributed by atoms with Gasteiger partial charge in [-0.15, -0.1) is 0 Å². The van der Waals surface area contributed by atoms with Gasteiger partial charge in [0.05, 0.1) is 31.0 Å². The Bertz CT molecular complexity index is 637. The van der Waals surface area contributed by atoms with Gasteiger partial charge < -0.3 is 14.6 Å². The second-order valence-corrected chi connectivity index (χ2v) is 4.01. The van der Waals surface area contributed by atoms with Crippen LogP contribution in [0.25, 0.3) is 11.3 Å². The molecule has 0 unspecified atom stereocenters. The SMILES string of the molecule is CCOc1c(OC)cc(C(=O)O)cc1-c1cnn(C)n1. The zero-order valence-electron chi connectivity index (χ0n) is 11.5. The molecule has 0 aliphatic carbocycles. The predicted octanol–water partition coefficient (Wildman–Crippen LogP) is 1.59. The van der Waals surface area contributed by atoms with Crippen LogP contribution in [0.1, 0.15) is 17.3 Å². The van der Waals surface area contributed by atoms with Crippen LogP contribution < -0.4 is 9.47 Å². The maximum atomic E-state index is 11.2. The predicted molar refractivity (Wildman–Crippen MR) is 71.1 cm³/mol. The van der Waals surface area contributed by atoms with Crippen molar-refractivity contribution in [1.29, 1.82) is 0 Å². The van der Waals surface area contributed by atoms with Gasteiger partial charge in [-0.1, -0.05) is 0 Å². The largest absolute Gasteiger partial charge is 0.493 e. The van der Waals surface area contributed by atoms with Crippen LogP contribution >= 0.6 is 0 Å². The summed E-state index contributed by atoms with van der Waals surface area (Å²) in [5.41, 5.74) is 1.17. The van der Waals surface area contributed by atoms with Gasteiger partial charge in [-0.3, -0.25) is 0 Å². The number of ether oxygens (including phenoxy) is 2. The summed E-state index contributed by atoms with van der Waals surface area (Å²) in [6.45, 7) is 2.26. The van der Waals surface area contributed by atoms with Crippen molar-refractivity contribution in [2.75, 3.05) is 13.7 Å². The minimum absolute atomic E-state index is 0.103. The van der Waals surface area contributed by atoms with Crippen molar-refractivity contribution >= 4 is 5.97 Å². The van der Waals surface area contributed by atoms with Crippen molar-refractivity contribution in [2.24, 2.45) is 7.05 Å². The average molecular weight is 277 g/mol. The monoisotopic (exact) mass is 277 g/mol. The lowest BCUT2D eigenvalue weighted by atomic mass is 10.1. The van der Waals surface area contributed by atoms with Gasteiger partial charge in [0.25, 0.3) is 0 Å². The van der Waals surface area contributed by atoms with Gasteiger partial charge in [0.2, 0.25) is 0 Å². The molecular weight excluding hydrogens is 262 g/mol. The number of methoxy groups -OCH3 is 1. The molecule has 106 valence electrons. The number of hydrogen-bond acceptors (Lipinski definition) is 5. The van der Waals surface area contributed by atoms with E-state index in [9.17, 15) is 4.79 Å². The maximum Gasteiger partial charge on any atom is 0.335 e. The van der Waals surface area contributed by atoms with Gasteiger partial charge in [-0.2, -0.15) is 15.0 Å². The summed E-state index contributed by atoms with van der Waals surface area (Å²) >= 11 is 0. The van der Waals surface area contributed by atoms with Gasteiger partial charge in [0, 0.05) is 7.05 Å². The zero-order valence-corrected chi connectivity index (χ0v) is 11.5. The van der Waals surface area contributed by atoms with Gasteiger partial charge in [-0.05, 0) is 19.1 Å². The van der Waals surface area contributed by atoms with Crippen molar-refractivity contribution in [3.05, 3.63) is 23.9 Å². The first-order chi connectivity index (χ1) is 9.56. The molecule has 0 saturated carbocycles. The number of carbonyl (C=O) groups is 1. The first-order valence-electron chi connectivity index (χ1n) is 6.01. The molecule has 0 aliphatic rings. The van der Waals surface area contributed by atoms with Crippen LogP contribution in [0, 0.1) is 0 Å². The van der Waals surface area contributed by atoms with Gasteiger partial charge in [0.15, 0.2) is 11.5 Å². The highest BCUT2D eigenvalue weighted by molar-refractivity contribution is 5.91. The average Bonchev–Trinajstić information content (AvgIpc) is 2.85. The number of rotatable bonds is 5. The van der Waals surface area contributed by atoms with E-state index in [0.29, 0.717) is 29.4 Å². The Labute approximate surface area is 115 Å². The molecule has 7 heteroatoms. The quantitative estimate of drug-likeness (QED) is 0.893. The lowest BCUT2D eigenvalue weighted by Crippen LogP contribution is -2.03. The van der Waals surface area contributed by atoms with Crippen molar-refractivity contribution in [2.45, 2.75) is 6.92 Å². The normalized spacial score (nSPS) is 10.3. The summed E-state index contributed by atoms with van der Waals surface area (Å²) in [7, 11) is 3.14. The van der Waals surface area contributed by atoms with E-state index in [1.165, 1.54) is 24.0 Å². The molecule has 2 aromatic rings. The van der Waals surface area contributed by atoms with Crippen molar-refractivity contribution < 1.29 is 19.4 Å². The highest BCUT2D eigenvalue weighted by Gasteiger charge is 2.19. The molecule has 1 N–H and O–H groups in total. The third-order valence-corrected chi connectivity index (χ3v) is 2.69. The van der Waals surface area contributed by atoms with Crippen LogP contribution in [0.3, 0.4) is 0 Å². The first-order valence-corrected chi connectivity index (χ1v) is 6.01. The fourth-order valence-corrected chi connectivity index (χ4v) is 1.83. The fraction of sp³-hybridized carbons (Fsp3) is 0.308. The zero-order chi connectivity index (χ0) is 14.7. The van der Waals surface area contributed by atoms with Crippen LogP contribution in [0.4, 0.5) is 0 Å². The third-order valence-electron chi connectivity index (χ3n) is 2.69. The summed E-state index contributed by atoms with van der Waals surface area (Å²) in [5, 5.41) is 17.3. The van der Waals surface area contributed by atoms with E-state index in [1.54, 1.807) is 13.2 Å². The molecule has 0 radical (unpaired) electrons. The molecule has 20 heavy (non-hydrogen) atoms. The van der Waals surface area contributed by atoms with E-state index in [4.69, 9.17) is 14.6 Å². The summed E-state index contributed by atoms with van der Waals surface area (Å²) in [6.07, 6.45) is 1.54. The van der Waals surface area contributed by atoms with E-state index in [0.717, 1.165) is 0 Å². The van der Waals surface area contributed by atoms with Crippen LogP contribution in [0.2, 0.25) is 0 Å². The van der Waals surface area contributed by atoms with Crippen LogP contribution in [0.15, 0.2) is 18.3 Å². The number of aryl methyl sites for hydroxylation is 1. The molecule has 2 rings (SSSR count). The number of benzene rings is 1. The minimum atomic E-state index is -1.04. The minimum Gasteiger partial charge on any atom is -0.493 e. The van der Waals surface area contributed by atoms with Gasteiger partial charge in [0.1, 0.15) is 5.69 Å². The lowest BCUT2D eigenvalue weighted by Gasteiger charge is -2.14. The Hall–Kier alpha value is -2.57. The first kappa shape index (κ1) is 13.9. The van der Waals surface area contributed by atoms with Gasteiger partial charge in [-0.25, -0.2) is 4.79 Å². The van der Waals surface area contributed by atoms with Crippen molar-refractivity contribution in [3.63, 3.8) is 0 Å². The second-order valence-electron chi connectivity index (χ2n) is 4.01. The molecule has 0 spiro atoms. The lowest BCUT2D eigenvalue weighted by molar-refractivity contribution is 0.0696. The highest BCUT2D eigenvalue weighted by atomic mass is 16.5. The maximum absolute atomic E-state index is 11.2. The van der Waals surface area contributed by atoms with E-state index in [-0.39, 0.29) is 5.56 Å². The molecule has 0 saturated heterocycles. The van der Waals surface area contributed by atoms with E-state index < -0.39 is 5.97 Å².